The highest BCUT2D eigenvalue weighted by Crippen LogP contribution is 2.44. The average Bonchev–Trinajstić information content (AvgIpc) is 3.00. The predicted octanol–water partition coefficient (Wildman–Crippen LogP) is 5.25. The summed E-state index contributed by atoms with van der Waals surface area (Å²) in [6.07, 6.45) is 8.41. The minimum absolute atomic E-state index is 0.0142. The van der Waals surface area contributed by atoms with Gasteiger partial charge in [0.25, 0.3) is 0 Å². The molecule has 0 saturated carbocycles. The maximum atomic E-state index is 13.3. The zero-order valence-electron chi connectivity index (χ0n) is 18.4. The van der Waals surface area contributed by atoms with Crippen LogP contribution >= 0.6 is 0 Å². The molecular weight excluding hydrogens is 380 g/mol. The summed E-state index contributed by atoms with van der Waals surface area (Å²) in [5.74, 6) is 0.421. The number of nitrogens with zero attached hydrogens (tertiary/aromatic N) is 1. The van der Waals surface area contributed by atoms with Crippen LogP contribution in [0.4, 0.5) is 0 Å². The summed E-state index contributed by atoms with van der Waals surface area (Å²) in [6.45, 7) is 9.34. The Labute approximate surface area is 177 Å². The lowest BCUT2D eigenvalue weighted by Crippen LogP contribution is -2.48. The number of allylic oxidation sites excluding steroid dienone is 1. The van der Waals surface area contributed by atoms with Gasteiger partial charge in [0.15, 0.2) is 0 Å². The van der Waals surface area contributed by atoms with Crippen molar-refractivity contribution in [3.05, 3.63) is 41.5 Å². The van der Waals surface area contributed by atoms with E-state index in [1.54, 1.807) is 4.31 Å². The van der Waals surface area contributed by atoms with Crippen LogP contribution in [-0.2, 0) is 15.4 Å². The van der Waals surface area contributed by atoms with Gasteiger partial charge in [0.1, 0.15) is 0 Å². The average molecular weight is 417 g/mol. The van der Waals surface area contributed by atoms with E-state index in [9.17, 15) is 8.42 Å². The third kappa shape index (κ3) is 4.51. The number of hydrogen-bond donors (Lipinski definition) is 1. The molecule has 1 atom stereocenters. The molecule has 1 fully saturated rings. The molecule has 0 bridgehead atoms. The molecule has 0 radical (unpaired) electrons. The number of nitrogens with one attached hydrogen (secondary N) is 1. The van der Waals surface area contributed by atoms with Crippen molar-refractivity contribution in [3.8, 4) is 0 Å². The first kappa shape index (κ1) is 22.2. The summed E-state index contributed by atoms with van der Waals surface area (Å²) in [5, 5.41) is 8.59. The van der Waals surface area contributed by atoms with E-state index in [0.717, 1.165) is 25.7 Å². The van der Waals surface area contributed by atoms with Crippen LogP contribution in [0.2, 0.25) is 0 Å². The minimum Gasteiger partial charge on any atom is -0.309 e. The van der Waals surface area contributed by atoms with Gasteiger partial charge in [-0.1, -0.05) is 70.5 Å². The van der Waals surface area contributed by atoms with Gasteiger partial charge in [-0.05, 0) is 42.7 Å². The SMILES string of the molecule is CCCC(C)(CS(=O)(=O)N1CCC2(C=Cc3ccccc32)CC1)C(=N)CC(C)C. The van der Waals surface area contributed by atoms with Gasteiger partial charge in [-0.2, -0.15) is 0 Å². The summed E-state index contributed by atoms with van der Waals surface area (Å²) < 4.78 is 28.3. The second-order valence-electron chi connectivity index (χ2n) is 9.62. The first-order valence-electron chi connectivity index (χ1n) is 11.0. The summed E-state index contributed by atoms with van der Waals surface area (Å²) in [6, 6.07) is 8.46. The standard InChI is InChI=1S/C24H36N2O2S/c1-5-11-23(4,22(25)17-19(2)3)18-29(27,28)26-15-13-24(14-16-26)12-10-20-8-6-7-9-21(20)24/h6-10,12,19,25H,5,11,13-18H2,1-4H3. The van der Waals surface area contributed by atoms with Gasteiger partial charge in [0.05, 0.1) is 5.75 Å². The van der Waals surface area contributed by atoms with E-state index in [2.05, 4.69) is 57.2 Å². The maximum Gasteiger partial charge on any atom is 0.215 e. The highest BCUT2D eigenvalue weighted by atomic mass is 32.2. The van der Waals surface area contributed by atoms with Crippen LogP contribution in [0.15, 0.2) is 30.3 Å². The Morgan fingerprint density at radius 3 is 2.52 bits per heavy atom. The van der Waals surface area contributed by atoms with Crippen molar-refractivity contribution in [2.24, 2.45) is 11.3 Å². The second-order valence-corrected chi connectivity index (χ2v) is 11.6. The Morgan fingerprint density at radius 2 is 1.90 bits per heavy atom. The van der Waals surface area contributed by atoms with E-state index in [1.807, 2.05) is 6.92 Å². The molecule has 3 rings (SSSR count). The number of piperidine rings is 1. The Kier molecular flexibility index (Phi) is 6.40. The van der Waals surface area contributed by atoms with Crippen molar-refractivity contribution in [1.82, 2.24) is 4.31 Å². The maximum absolute atomic E-state index is 13.3. The van der Waals surface area contributed by atoms with Crippen LogP contribution in [0.5, 0.6) is 0 Å². The summed E-state index contributed by atoms with van der Waals surface area (Å²) >= 11 is 0. The van der Waals surface area contributed by atoms with Crippen LogP contribution in [0.1, 0.15) is 70.9 Å². The number of fused-ring (bicyclic) bond motifs is 2. The van der Waals surface area contributed by atoms with Gasteiger partial charge in [0.2, 0.25) is 10.0 Å². The van der Waals surface area contributed by atoms with Crippen LogP contribution < -0.4 is 0 Å². The fourth-order valence-corrected chi connectivity index (χ4v) is 7.09. The van der Waals surface area contributed by atoms with E-state index < -0.39 is 15.4 Å². The van der Waals surface area contributed by atoms with Crippen LogP contribution in [0.3, 0.4) is 0 Å². The molecule has 0 aromatic heterocycles. The number of hydrogen-bond acceptors (Lipinski definition) is 3. The van der Waals surface area contributed by atoms with E-state index in [1.165, 1.54) is 11.1 Å². The zero-order chi connectivity index (χ0) is 21.3. The van der Waals surface area contributed by atoms with E-state index in [-0.39, 0.29) is 11.2 Å². The van der Waals surface area contributed by atoms with Crippen molar-refractivity contribution >= 4 is 21.8 Å². The fraction of sp³-hybridized carbons (Fsp3) is 0.625. The summed E-state index contributed by atoms with van der Waals surface area (Å²) in [5.41, 5.74) is 2.60. The molecule has 1 saturated heterocycles. The Balaban J connectivity index is 1.73. The van der Waals surface area contributed by atoms with Gasteiger partial charge in [0, 0.05) is 29.6 Å². The number of sulfonamides is 1. The molecule has 1 N–H and O–H groups in total. The molecule has 1 unspecified atom stereocenters. The molecule has 1 aromatic rings. The lowest BCUT2D eigenvalue weighted by Gasteiger charge is -2.40. The molecule has 1 aliphatic carbocycles. The molecule has 29 heavy (non-hydrogen) atoms. The topological polar surface area (TPSA) is 61.2 Å². The predicted molar refractivity (Wildman–Crippen MR) is 122 cm³/mol. The van der Waals surface area contributed by atoms with Gasteiger partial charge < -0.3 is 5.41 Å². The molecule has 160 valence electrons. The molecular formula is C24H36N2O2S. The largest absolute Gasteiger partial charge is 0.309 e. The highest BCUT2D eigenvalue weighted by Gasteiger charge is 2.43. The normalized spacial score (nSPS) is 20.7. The molecule has 1 aliphatic heterocycles. The summed E-state index contributed by atoms with van der Waals surface area (Å²) in [7, 11) is -3.40. The third-order valence-corrected chi connectivity index (χ3v) is 8.88. The monoisotopic (exact) mass is 416 g/mol. The summed E-state index contributed by atoms with van der Waals surface area (Å²) in [4.78, 5) is 0. The van der Waals surface area contributed by atoms with E-state index >= 15 is 0 Å². The Bertz CT molecular complexity index is 880. The highest BCUT2D eigenvalue weighted by molar-refractivity contribution is 7.89. The Morgan fingerprint density at radius 1 is 1.24 bits per heavy atom. The van der Waals surface area contributed by atoms with E-state index in [4.69, 9.17) is 5.41 Å². The van der Waals surface area contributed by atoms with Crippen molar-refractivity contribution in [3.63, 3.8) is 0 Å². The van der Waals surface area contributed by atoms with Crippen molar-refractivity contribution in [1.29, 1.82) is 5.41 Å². The molecule has 5 heteroatoms. The Hall–Kier alpha value is -1.46. The molecule has 1 aromatic carbocycles. The van der Waals surface area contributed by atoms with E-state index in [0.29, 0.717) is 31.1 Å². The van der Waals surface area contributed by atoms with Gasteiger partial charge in [-0.3, -0.25) is 0 Å². The minimum atomic E-state index is -3.40. The van der Waals surface area contributed by atoms with Gasteiger partial charge in [-0.15, -0.1) is 0 Å². The molecule has 4 nitrogen and oxygen atoms in total. The van der Waals surface area contributed by atoms with Gasteiger partial charge in [-0.25, -0.2) is 12.7 Å². The van der Waals surface area contributed by atoms with Crippen molar-refractivity contribution in [2.45, 2.75) is 65.2 Å². The van der Waals surface area contributed by atoms with Crippen molar-refractivity contribution in [2.75, 3.05) is 18.8 Å². The third-order valence-electron chi connectivity index (χ3n) is 6.73. The molecule has 1 heterocycles. The second kappa shape index (κ2) is 8.35. The molecule has 0 amide bonds. The number of rotatable bonds is 8. The van der Waals surface area contributed by atoms with Crippen LogP contribution in [0.25, 0.3) is 6.08 Å². The fourth-order valence-electron chi connectivity index (χ4n) is 5.04. The smallest absolute Gasteiger partial charge is 0.215 e. The van der Waals surface area contributed by atoms with Gasteiger partial charge >= 0.3 is 0 Å². The van der Waals surface area contributed by atoms with Crippen LogP contribution in [-0.4, -0.2) is 37.3 Å². The lowest BCUT2D eigenvalue weighted by molar-refractivity contribution is 0.271. The zero-order valence-corrected chi connectivity index (χ0v) is 19.2. The van der Waals surface area contributed by atoms with Crippen LogP contribution in [0, 0.1) is 16.7 Å². The quantitative estimate of drug-likeness (QED) is 0.588. The first-order valence-corrected chi connectivity index (χ1v) is 12.6. The lowest BCUT2D eigenvalue weighted by atomic mass is 9.75. The van der Waals surface area contributed by atoms with Crippen molar-refractivity contribution < 1.29 is 8.42 Å². The number of benzene rings is 1. The molecule has 1 spiro atoms. The molecule has 2 aliphatic rings. The first-order chi connectivity index (χ1) is 13.6.